The van der Waals surface area contributed by atoms with Gasteiger partial charge in [-0.25, -0.2) is 9.97 Å². The summed E-state index contributed by atoms with van der Waals surface area (Å²) < 4.78 is 43.7. The minimum Gasteiger partial charge on any atom is -0.353 e. The number of amides is 2. The van der Waals surface area contributed by atoms with Crippen molar-refractivity contribution in [1.29, 1.82) is 5.26 Å². The molecule has 230 valence electrons. The lowest BCUT2D eigenvalue weighted by Crippen LogP contribution is -2.46. The van der Waals surface area contributed by atoms with Crippen LogP contribution in [0.25, 0.3) is 16.9 Å². The SMILES string of the molecule is CCc1cc(Nc2nccn3c(-c4cn(CC#N)nc4C(F)(F)F)cnc23)ccc1C(=O)NC(C)CNC(=O)C1CCCN1. The third-order valence-electron chi connectivity index (χ3n) is 7.30. The highest BCUT2D eigenvalue weighted by Crippen LogP contribution is 2.37. The fourth-order valence-corrected chi connectivity index (χ4v) is 5.14. The minimum absolute atomic E-state index is 0.0728. The van der Waals surface area contributed by atoms with E-state index in [-0.39, 0.29) is 53.2 Å². The van der Waals surface area contributed by atoms with Crippen molar-refractivity contribution in [3.63, 3.8) is 0 Å². The van der Waals surface area contributed by atoms with Crippen LogP contribution >= 0.6 is 0 Å². The van der Waals surface area contributed by atoms with Crippen molar-refractivity contribution >= 4 is 29.0 Å². The first-order valence-electron chi connectivity index (χ1n) is 14.1. The molecule has 12 nitrogen and oxygen atoms in total. The highest BCUT2D eigenvalue weighted by Gasteiger charge is 2.38. The number of aryl methyl sites for hydroxylation is 1. The van der Waals surface area contributed by atoms with E-state index >= 15 is 0 Å². The molecule has 2 amide bonds. The van der Waals surface area contributed by atoms with Crippen LogP contribution in [0.4, 0.5) is 24.7 Å². The molecule has 5 rings (SSSR count). The number of fused-ring (bicyclic) bond motifs is 1. The maximum atomic E-state index is 13.8. The van der Waals surface area contributed by atoms with Gasteiger partial charge in [0, 0.05) is 42.4 Å². The zero-order chi connectivity index (χ0) is 31.4. The molecule has 1 saturated heterocycles. The van der Waals surface area contributed by atoms with E-state index < -0.39 is 11.9 Å². The molecular formula is C29H31F3N10O2. The molecule has 4 N–H and O–H groups in total. The van der Waals surface area contributed by atoms with Crippen LogP contribution in [-0.2, 0) is 23.9 Å². The monoisotopic (exact) mass is 608 g/mol. The molecular weight excluding hydrogens is 577 g/mol. The second-order valence-electron chi connectivity index (χ2n) is 10.5. The number of imidazole rings is 1. The molecule has 0 bridgehead atoms. The van der Waals surface area contributed by atoms with Crippen LogP contribution in [0, 0.1) is 11.3 Å². The lowest BCUT2D eigenvalue weighted by molar-refractivity contribution is -0.141. The van der Waals surface area contributed by atoms with E-state index in [1.165, 1.54) is 29.2 Å². The Kier molecular flexibility index (Phi) is 8.81. The lowest BCUT2D eigenvalue weighted by atomic mass is 10.0. The number of halogens is 3. The van der Waals surface area contributed by atoms with Crippen LogP contribution in [0.15, 0.2) is 43.0 Å². The largest absolute Gasteiger partial charge is 0.435 e. The molecule has 1 aliphatic heterocycles. The van der Waals surface area contributed by atoms with Crippen LogP contribution in [0.5, 0.6) is 0 Å². The number of nitrogens with one attached hydrogen (secondary N) is 4. The van der Waals surface area contributed by atoms with Crippen molar-refractivity contribution in [3.05, 3.63) is 59.8 Å². The molecule has 0 saturated carbocycles. The molecule has 44 heavy (non-hydrogen) atoms. The number of hydrogen-bond acceptors (Lipinski definition) is 8. The molecule has 2 unspecified atom stereocenters. The van der Waals surface area contributed by atoms with Crippen molar-refractivity contribution in [2.24, 2.45) is 0 Å². The summed E-state index contributed by atoms with van der Waals surface area (Å²) in [5, 5.41) is 24.6. The molecule has 4 aromatic rings. The van der Waals surface area contributed by atoms with Crippen molar-refractivity contribution in [2.45, 2.75) is 57.9 Å². The van der Waals surface area contributed by atoms with Gasteiger partial charge in [0.15, 0.2) is 17.2 Å². The maximum absolute atomic E-state index is 13.8. The number of carbonyl (C=O) groups is 2. The van der Waals surface area contributed by atoms with E-state index in [1.54, 1.807) is 24.3 Å². The van der Waals surface area contributed by atoms with Crippen LogP contribution in [0.3, 0.4) is 0 Å². The molecule has 2 atom stereocenters. The molecule has 1 aromatic carbocycles. The summed E-state index contributed by atoms with van der Waals surface area (Å²) in [6.45, 7) is 4.52. The Bertz CT molecular complexity index is 1720. The van der Waals surface area contributed by atoms with Crippen LogP contribution < -0.4 is 21.3 Å². The third-order valence-corrected chi connectivity index (χ3v) is 7.30. The average Bonchev–Trinajstić information content (AvgIpc) is 3.76. The summed E-state index contributed by atoms with van der Waals surface area (Å²) in [6, 6.07) is 6.49. The zero-order valence-corrected chi connectivity index (χ0v) is 24.1. The summed E-state index contributed by atoms with van der Waals surface area (Å²) in [5.74, 6) is -0.0573. The number of hydrogen-bond donors (Lipinski definition) is 4. The Labute approximate surface area is 250 Å². The summed E-state index contributed by atoms with van der Waals surface area (Å²) in [4.78, 5) is 34.0. The van der Waals surface area contributed by atoms with Gasteiger partial charge in [-0.2, -0.15) is 23.5 Å². The number of rotatable bonds is 10. The van der Waals surface area contributed by atoms with E-state index in [0.717, 1.165) is 29.6 Å². The standard InChI is InChI=1S/C29H31F3N10O2/c1-3-18-13-19(6-7-20(18)27(43)38-17(2)14-37-28(44)22-5-4-9-34-22)39-25-26-36-15-23(42(26)12-10-35-25)21-16-41(11-8-33)40-24(21)29(30,31)32/h6-7,10,12-13,15-17,22,34H,3-5,9,11,14H2,1-2H3,(H,35,39)(H,37,44)(H,38,43). The highest BCUT2D eigenvalue weighted by atomic mass is 19.4. The Hall–Kier alpha value is -4.97. The van der Waals surface area contributed by atoms with Gasteiger partial charge >= 0.3 is 6.18 Å². The Morgan fingerprint density at radius 3 is 2.80 bits per heavy atom. The molecule has 15 heteroatoms. The lowest BCUT2D eigenvalue weighted by Gasteiger charge is -2.18. The van der Waals surface area contributed by atoms with Gasteiger partial charge in [0.05, 0.1) is 29.6 Å². The van der Waals surface area contributed by atoms with Crippen LogP contribution in [0.2, 0.25) is 0 Å². The fraction of sp³-hybridized carbons (Fsp3) is 0.379. The average molecular weight is 609 g/mol. The second-order valence-corrected chi connectivity index (χ2v) is 10.5. The number of nitrogens with zero attached hydrogens (tertiary/aromatic N) is 6. The molecule has 4 heterocycles. The van der Waals surface area contributed by atoms with Crippen LogP contribution in [0.1, 0.15) is 48.3 Å². The summed E-state index contributed by atoms with van der Waals surface area (Å²) in [6.07, 6.45) is 2.95. The van der Waals surface area contributed by atoms with Crippen LogP contribution in [-0.4, -0.2) is 61.1 Å². The quantitative estimate of drug-likeness (QED) is 0.214. The maximum Gasteiger partial charge on any atom is 0.435 e. The Balaban J connectivity index is 1.32. The fourth-order valence-electron chi connectivity index (χ4n) is 5.14. The molecule has 3 aromatic heterocycles. The van der Waals surface area contributed by atoms with E-state index in [2.05, 4.69) is 36.3 Å². The van der Waals surface area contributed by atoms with Gasteiger partial charge in [-0.05, 0) is 56.5 Å². The van der Waals surface area contributed by atoms with E-state index in [9.17, 15) is 22.8 Å². The predicted molar refractivity (Wildman–Crippen MR) is 155 cm³/mol. The van der Waals surface area contributed by atoms with E-state index in [0.29, 0.717) is 24.2 Å². The van der Waals surface area contributed by atoms with Gasteiger partial charge in [-0.15, -0.1) is 0 Å². The number of carbonyl (C=O) groups excluding carboxylic acids is 2. The number of aromatic nitrogens is 5. The van der Waals surface area contributed by atoms with Crippen molar-refractivity contribution < 1.29 is 22.8 Å². The topological polar surface area (TPSA) is 154 Å². The molecule has 0 aliphatic carbocycles. The first-order valence-corrected chi connectivity index (χ1v) is 14.1. The smallest absolute Gasteiger partial charge is 0.353 e. The van der Waals surface area contributed by atoms with Gasteiger partial charge in [0.2, 0.25) is 5.91 Å². The van der Waals surface area contributed by atoms with Crippen molar-refractivity contribution in [2.75, 3.05) is 18.4 Å². The normalized spacial score (nSPS) is 15.6. The van der Waals surface area contributed by atoms with E-state index in [1.807, 2.05) is 13.8 Å². The Morgan fingerprint density at radius 1 is 1.27 bits per heavy atom. The number of anilines is 2. The Morgan fingerprint density at radius 2 is 2.09 bits per heavy atom. The first-order chi connectivity index (χ1) is 21.1. The predicted octanol–water partition coefficient (Wildman–Crippen LogP) is 3.43. The van der Waals surface area contributed by atoms with Gasteiger partial charge in [0.25, 0.3) is 5.91 Å². The van der Waals surface area contributed by atoms with Gasteiger partial charge in [-0.3, -0.25) is 18.7 Å². The molecule has 0 spiro atoms. The van der Waals surface area contributed by atoms with Crippen molar-refractivity contribution in [3.8, 4) is 17.3 Å². The number of alkyl halides is 3. The van der Waals surface area contributed by atoms with Crippen molar-refractivity contribution in [1.82, 2.24) is 40.1 Å². The summed E-state index contributed by atoms with van der Waals surface area (Å²) >= 11 is 0. The molecule has 0 radical (unpaired) electrons. The first kappa shape index (κ1) is 30.5. The summed E-state index contributed by atoms with van der Waals surface area (Å²) in [5.41, 5.74) is 0.910. The highest BCUT2D eigenvalue weighted by molar-refractivity contribution is 5.96. The van der Waals surface area contributed by atoms with Gasteiger partial charge in [0.1, 0.15) is 6.54 Å². The number of nitriles is 1. The third kappa shape index (κ3) is 6.50. The second kappa shape index (κ2) is 12.7. The summed E-state index contributed by atoms with van der Waals surface area (Å²) in [7, 11) is 0. The van der Waals surface area contributed by atoms with Gasteiger partial charge in [-0.1, -0.05) is 6.92 Å². The number of benzene rings is 1. The van der Waals surface area contributed by atoms with Gasteiger partial charge < -0.3 is 21.3 Å². The minimum atomic E-state index is -4.74. The molecule has 1 fully saturated rings. The zero-order valence-electron chi connectivity index (χ0n) is 24.1. The molecule has 1 aliphatic rings. The van der Waals surface area contributed by atoms with E-state index in [4.69, 9.17) is 5.26 Å².